The molecule has 2 fully saturated rings. The van der Waals surface area contributed by atoms with Crippen molar-refractivity contribution in [3.8, 4) is 0 Å². The largest absolute Gasteiger partial charge is 0.399 e. The summed E-state index contributed by atoms with van der Waals surface area (Å²) in [5, 5.41) is 3.07. The molecule has 18 heavy (non-hydrogen) atoms. The van der Waals surface area contributed by atoms with Crippen LogP contribution in [0.15, 0.2) is 24.3 Å². The van der Waals surface area contributed by atoms with Crippen LogP contribution in [0.2, 0.25) is 0 Å². The van der Waals surface area contributed by atoms with Crippen molar-refractivity contribution < 1.29 is 9.53 Å². The van der Waals surface area contributed by atoms with Gasteiger partial charge in [0.25, 0.3) is 0 Å². The summed E-state index contributed by atoms with van der Waals surface area (Å²) in [6.45, 7) is 0. The van der Waals surface area contributed by atoms with E-state index in [2.05, 4.69) is 5.32 Å². The Balaban J connectivity index is 1.56. The molecule has 2 saturated heterocycles. The van der Waals surface area contributed by atoms with Gasteiger partial charge >= 0.3 is 0 Å². The van der Waals surface area contributed by atoms with Crippen molar-refractivity contribution in [1.82, 2.24) is 5.32 Å². The average Bonchev–Trinajstić information content (AvgIpc) is 2.90. The molecule has 3 N–H and O–H groups in total. The SMILES string of the molecule is Nc1cccc(CC(=O)NC2CC3CCC2O3)c1. The second kappa shape index (κ2) is 4.61. The smallest absolute Gasteiger partial charge is 0.224 e. The number of nitrogen functional groups attached to an aromatic ring is 1. The summed E-state index contributed by atoms with van der Waals surface area (Å²) < 4.78 is 5.72. The Hall–Kier alpha value is -1.55. The van der Waals surface area contributed by atoms with Crippen molar-refractivity contribution in [3.63, 3.8) is 0 Å². The lowest BCUT2D eigenvalue weighted by molar-refractivity contribution is -0.121. The summed E-state index contributed by atoms with van der Waals surface area (Å²) in [6, 6.07) is 7.67. The van der Waals surface area contributed by atoms with E-state index in [-0.39, 0.29) is 18.1 Å². The predicted molar refractivity (Wildman–Crippen MR) is 69.0 cm³/mol. The number of ether oxygens (including phenoxy) is 1. The highest BCUT2D eigenvalue weighted by Crippen LogP contribution is 2.34. The molecular formula is C14H18N2O2. The minimum absolute atomic E-state index is 0.0572. The molecule has 1 aromatic carbocycles. The van der Waals surface area contributed by atoms with Crippen LogP contribution in [0.4, 0.5) is 5.69 Å². The van der Waals surface area contributed by atoms with Crippen molar-refractivity contribution in [2.45, 2.75) is 43.9 Å². The van der Waals surface area contributed by atoms with Crippen LogP contribution in [0, 0.1) is 0 Å². The first-order valence-electron chi connectivity index (χ1n) is 6.50. The van der Waals surface area contributed by atoms with Crippen LogP contribution in [0.5, 0.6) is 0 Å². The normalized spacial score (nSPS) is 29.4. The molecule has 1 aromatic rings. The van der Waals surface area contributed by atoms with Crippen molar-refractivity contribution in [2.75, 3.05) is 5.73 Å². The van der Waals surface area contributed by atoms with E-state index < -0.39 is 0 Å². The lowest BCUT2D eigenvalue weighted by atomic mass is 9.95. The molecule has 0 saturated carbocycles. The zero-order valence-corrected chi connectivity index (χ0v) is 10.3. The Labute approximate surface area is 107 Å². The quantitative estimate of drug-likeness (QED) is 0.789. The maximum absolute atomic E-state index is 11.9. The molecule has 0 spiro atoms. The fourth-order valence-corrected chi connectivity index (χ4v) is 2.94. The van der Waals surface area contributed by atoms with E-state index in [1.807, 2.05) is 24.3 Å². The molecule has 2 aliphatic heterocycles. The minimum atomic E-state index is 0.0572. The Morgan fingerprint density at radius 2 is 2.33 bits per heavy atom. The molecule has 4 heteroatoms. The fourth-order valence-electron chi connectivity index (χ4n) is 2.94. The van der Waals surface area contributed by atoms with Crippen molar-refractivity contribution in [2.24, 2.45) is 0 Å². The Bertz CT molecular complexity index is 461. The molecular weight excluding hydrogens is 228 g/mol. The fraction of sp³-hybridized carbons (Fsp3) is 0.500. The van der Waals surface area contributed by atoms with E-state index in [9.17, 15) is 4.79 Å². The highest BCUT2D eigenvalue weighted by Gasteiger charge is 2.41. The van der Waals surface area contributed by atoms with Gasteiger partial charge in [0.1, 0.15) is 0 Å². The van der Waals surface area contributed by atoms with Gasteiger partial charge < -0.3 is 15.8 Å². The molecule has 0 aromatic heterocycles. The van der Waals surface area contributed by atoms with Crippen molar-refractivity contribution in [3.05, 3.63) is 29.8 Å². The van der Waals surface area contributed by atoms with Crippen LogP contribution in [-0.4, -0.2) is 24.2 Å². The number of fused-ring (bicyclic) bond motifs is 2. The third-order valence-electron chi connectivity index (χ3n) is 3.77. The van der Waals surface area contributed by atoms with E-state index >= 15 is 0 Å². The molecule has 4 nitrogen and oxygen atoms in total. The number of hydrogen-bond donors (Lipinski definition) is 2. The third kappa shape index (κ3) is 2.34. The average molecular weight is 246 g/mol. The highest BCUT2D eigenvalue weighted by molar-refractivity contribution is 5.79. The Morgan fingerprint density at radius 3 is 3.00 bits per heavy atom. The van der Waals surface area contributed by atoms with E-state index in [0.29, 0.717) is 18.2 Å². The summed E-state index contributed by atoms with van der Waals surface area (Å²) in [7, 11) is 0. The maximum atomic E-state index is 11.9. The van der Waals surface area contributed by atoms with Crippen LogP contribution in [0.25, 0.3) is 0 Å². The first kappa shape index (κ1) is 11.5. The van der Waals surface area contributed by atoms with Gasteiger partial charge in [0.2, 0.25) is 5.91 Å². The van der Waals surface area contributed by atoms with Gasteiger partial charge in [-0.3, -0.25) is 4.79 Å². The van der Waals surface area contributed by atoms with E-state index in [0.717, 1.165) is 24.8 Å². The topological polar surface area (TPSA) is 64.4 Å². The molecule has 2 bridgehead atoms. The van der Waals surface area contributed by atoms with E-state index in [1.54, 1.807) is 0 Å². The lowest BCUT2D eigenvalue weighted by Gasteiger charge is -2.20. The molecule has 3 unspecified atom stereocenters. The van der Waals surface area contributed by atoms with Gasteiger partial charge in [0.05, 0.1) is 24.7 Å². The summed E-state index contributed by atoms with van der Waals surface area (Å²) in [4.78, 5) is 11.9. The minimum Gasteiger partial charge on any atom is -0.399 e. The van der Waals surface area contributed by atoms with Crippen LogP contribution < -0.4 is 11.1 Å². The number of hydrogen-bond acceptors (Lipinski definition) is 3. The molecule has 0 radical (unpaired) electrons. The van der Waals surface area contributed by atoms with Crippen LogP contribution in [0.1, 0.15) is 24.8 Å². The predicted octanol–water partition coefficient (Wildman–Crippen LogP) is 1.25. The Kier molecular flexibility index (Phi) is 2.96. The van der Waals surface area contributed by atoms with Gasteiger partial charge in [0.15, 0.2) is 0 Å². The number of amides is 1. The monoisotopic (exact) mass is 246 g/mol. The van der Waals surface area contributed by atoms with Gasteiger partial charge in [0, 0.05) is 5.69 Å². The van der Waals surface area contributed by atoms with Crippen LogP contribution in [-0.2, 0) is 16.0 Å². The molecule has 3 rings (SSSR count). The molecule has 2 aliphatic rings. The summed E-state index contributed by atoms with van der Waals surface area (Å²) in [5.74, 6) is 0.0572. The van der Waals surface area contributed by atoms with Gasteiger partial charge in [-0.1, -0.05) is 12.1 Å². The van der Waals surface area contributed by atoms with E-state index in [4.69, 9.17) is 10.5 Å². The summed E-state index contributed by atoms with van der Waals surface area (Å²) in [5.41, 5.74) is 7.35. The third-order valence-corrected chi connectivity index (χ3v) is 3.77. The maximum Gasteiger partial charge on any atom is 0.224 e. The molecule has 2 heterocycles. The zero-order chi connectivity index (χ0) is 12.5. The number of anilines is 1. The van der Waals surface area contributed by atoms with Gasteiger partial charge in [-0.05, 0) is 37.0 Å². The van der Waals surface area contributed by atoms with Gasteiger partial charge in [-0.2, -0.15) is 0 Å². The molecule has 1 amide bonds. The first-order chi connectivity index (χ1) is 8.70. The number of nitrogens with two attached hydrogens (primary N) is 1. The van der Waals surface area contributed by atoms with Gasteiger partial charge in [-0.25, -0.2) is 0 Å². The molecule has 96 valence electrons. The first-order valence-corrected chi connectivity index (χ1v) is 6.50. The molecule has 3 atom stereocenters. The zero-order valence-electron chi connectivity index (χ0n) is 10.3. The standard InChI is InChI=1S/C14H18N2O2/c15-10-3-1-2-9(6-10)7-14(17)16-12-8-11-4-5-13(12)18-11/h1-3,6,11-13H,4-5,7-8,15H2,(H,16,17). The number of carbonyl (C=O) groups excluding carboxylic acids is 1. The number of nitrogens with one attached hydrogen (secondary N) is 1. The second-order valence-electron chi connectivity index (χ2n) is 5.21. The highest BCUT2D eigenvalue weighted by atomic mass is 16.5. The lowest BCUT2D eigenvalue weighted by Crippen LogP contribution is -2.42. The summed E-state index contributed by atoms with van der Waals surface area (Å²) >= 11 is 0. The van der Waals surface area contributed by atoms with Crippen LogP contribution in [0.3, 0.4) is 0 Å². The van der Waals surface area contributed by atoms with Crippen molar-refractivity contribution in [1.29, 1.82) is 0 Å². The number of rotatable bonds is 3. The van der Waals surface area contributed by atoms with Crippen molar-refractivity contribution >= 4 is 11.6 Å². The Morgan fingerprint density at radius 1 is 1.44 bits per heavy atom. The number of carbonyl (C=O) groups is 1. The second-order valence-corrected chi connectivity index (χ2v) is 5.21. The van der Waals surface area contributed by atoms with Crippen LogP contribution >= 0.6 is 0 Å². The summed E-state index contributed by atoms with van der Waals surface area (Å²) in [6.07, 6.45) is 4.18. The van der Waals surface area contributed by atoms with E-state index in [1.165, 1.54) is 0 Å². The molecule has 0 aliphatic carbocycles. The van der Waals surface area contributed by atoms with Gasteiger partial charge in [-0.15, -0.1) is 0 Å². The number of benzene rings is 1.